The molecule has 92 valence electrons. The van der Waals surface area contributed by atoms with Gasteiger partial charge in [-0.15, -0.1) is 0 Å². The van der Waals surface area contributed by atoms with Crippen LogP contribution >= 0.6 is 0 Å². The van der Waals surface area contributed by atoms with Crippen molar-refractivity contribution < 1.29 is 19.1 Å². The Kier molecular flexibility index (Phi) is 2.02. The van der Waals surface area contributed by atoms with Crippen molar-refractivity contribution in [1.82, 2.24) is 0 Å². The average Bonchev–Trinajstić information content (AvgIpc) is 2.53. The maximum absolute atomic E-state index is 11.9. The molecule has 0 radical (unpaired) electrons. The molecule has 0 aliphatic carbocycles. The van der Waals surface area contributed by atoms with Gasteiger partial charge in [0.2, 0.25) is 0 Å². The summed E-state index contributed by atoms with van der Waals surface area (Å²) in [5, 5.41) is 10.2. The second-order valence-electron chi connectivity index (χ2n) is 4.33. The van der Waals surface area contributed by atoms with Gasteiger partial charge in [0.15, 0.2) is 5.43 Å². The van der Waals surface area contributed by atoms with Crippen molar-refractivity contribution in [3.63, 3.8) is 0 Å². The molecular formula is C13H10O5. The van der Waals surface area contributed by atoms with Crippen molar-refractivity contribution in [1.29, 1.82) is 0 Å². The predicted octanol–water partition coefficient (Wildman–Crippen LogP) is 2.04. The summed E-state index contributed by atoms with van der Waals surface area (Å²) < 4.78 is 10.4. The molecule has 18 heavy (non-hydrogen) atoms. The number of aromatic hydroxyl groups is 1. The number of fused-ring (bicyclic) bond motifs is 2. The molecule has 0 saturated carbocycles. The van der Waals surface area contributed by atoms with Crippen LogP contribution in [0.1, 0.15) is 34.7 Å². The Hall–Kier alpha value is -2.30. The number of hydrogen-bond acceptors (Lipinski definition) is 5. The van der Waals surface area contributed by atoms with Gasteiger partial charge >= 0.3 is 5.97 Å². The van der Waals surface area contributed by atoms with E-state index in [4.69, 9.17) is 9.15 Å². The van der Waals surface area contributed by atoms with Crippen LogP contribution in [0.5, 0.6) is 5.75 Å². The van der Waals surface area contributed by atoms with E-state index in [-0.39, 0.29) is 27.7 Å². The number of phenolic OH excluding ortho intramolecular Hbond substituents is 1. The lowest BCUT2D eigenvalue weighted by Crippen LogP contribution is -2.03. The molecule has 1 N–H and O–H groups in total. The van der Waals surface area contributed by atoms with Crippen molar-refractivity contribution in [2.75, 3.05) is 0 Å². The van der Waals surface area contributed by atoms with Gasteiger partial charge in [-0.25, -0.2) is 4.79 Å². The molecule has 2 aromatic rings. The molecule has 1 aromatic carbocycles. The fourth-order valence-electron chi connectivity index (χ4n) is 2.30. The second-order valence-corrected chi connectivity index (χ2v) is 4.33. The van der Waals surface area contributed by atoms with Crippen LogP contribution in [-0.2, 0) is 4.74 Å². The summed E-state index contributed by atoms with van der Waals surface area (Å²) in [6.45, 7) is 3.27. The van der Waals surface area contributed by atoms with E-state index in [1.54, 1.807) is 13.8 Å². The van der Waals surface area contributed by atoms with Gasteiger partial charge in [-0.1, -0.05) is 0 Å². The number of ether oxygens (including phenoxy) is 1. The molecule has 5 nitrogen and oxygen atoms in total. The third kappa shape index (κ3) is 1.27. The highest BCUT2D eigenvalue weighted by molar-refractivity contribution is 6.01. The Labute approximate surface area is 102 Å². The highest BCUT2D eigenvalue weighted by Crippen LogP contribution is 2.40. The molecule has 0 saturated heterocycles. The largest absolute Gasteiger partial charge is 0.507 e. The maximum atomic E-state index is 11.9. The fourth-order valence-corrected chi connectivity index (χ4v) is 2.30. The number of aryl methyl sites for hydroxylation is 1. The lowest BCUT2D eigenvalue weighted by molar-refractivity contribution is 0.0420. The Balaban J connectivity index is 2.52. The van der Waals surface area contributed by atoms with Gasteiger partial charge in [0, 0.05) is 11.6 Å². The molecule has 1 aliphatic heterocycles. The minimum Gasteiger partial charge on any atom is -0.507 e. The molecule has 2 heterocycles. The smallest absolute Gasteiger partial charge is 0.339 e. The van der Waals surface area contributed by atoms with E-state index in [1.807, 2.05) is 0 Å². The quantitative estimate of drug-likeness (QED) is 0.720. The molecule has 0 spiro atoms. The third-order valence-electron chi connectivity index (χ3n) is 3.07. The number of rotatable bonds is 0. The fraction of sp³-hybridized carbons (Fsp3) is 0.231. The summed E-state index contributed by atoms with van der Waals surface area (Å²) in [7, 11) is 0. The van der Waals surface area contributed by atoms with Crippen LogP contribution < -0.4 is 5.43 Å². The molecule has 0 fully saturated rings. The summed E-state index contributed by atoms with van der Waals surface area (Å²) in [6.07, 6.45) is -0.558. The molecule has 3 rings (SSSR count). The third-order valence-corrected chi connectivity index (χ3v) is 3.07. The van der Waals surface area contributed by atoms with Crippen LogP contribution in [0.2, 0.25) is 0 Å². The zero-order valence-electron chi connectivity index (χ0n) is 9.81. The minimum absolute atomic E-state index is 0.0875. The zero-order valence-corrected chi connectivity index (χ0v) is 9.81. The molecule has 1 atom stereocenters. The molecule has 1 aliphatic rings. The number of esters is 1. The highest BCUT2D eigenvalue weighted by Gasteiger charge is 2.33. The first-order chi connectivity index (χ1) is 8.49. The number of carbonyl (C=O) groups excluding carboxylic acids is 1. The van der Waals surface area contributed by atoms with E-state index in [2.05, 4.69) is 0 Å². The Morgan fingerprint density at radius 3 is 2.72 bits per heavy atom. The van der Waals surface area contributed by atoms with Crippen LogP contribution in [0.3, 0.4) is 0 Å². The topological polar surface area (TPSA) is 76.7 Å². The van der Waals surface area contributed by atoms with Crippen molar-refractivity contribution in [2.24, 2.45) is 0 Å². The normalized spacial score (nSPS) is 17.9. The monoisotopic (exact) mass is 246 g/mol. The molecule has 0 bridgehead atoms. The maximum Gasteiger partial charge on any atom is 0.339 e. The van der Waals surface area contributed by atoms with Crippen LogP contribution in [0.15, 0.2) is 21.3 Å². The summed E-state index contributed by atoms with van der Waals surface area (Å²) >= 11 is 0. The summed E-state index contributed by atoms with van der Waals surface area (Å²) in [4.78, 5) is 23.5. The summed E-state index contributed by atoms with van der Waals surface area (Å²) in [5.41, 5.74) is 0.466. The van der Waals surface area contributed by atoms with Gasteiger partial charge in [-0.3, -0.25) is 4.79 Å². The number of carbonyl (C=O) groups is 1. The van der Waals surface area contributed by atoms with Crippen molar-refractivity contribution in [2.45, 2.75) is 20.0 Å². The first kappa shape index (κ1) is 10.8. The van der Waals surface area contributed by atoms with E-state index in [9.17, 15) is 14.7 Å². The Morgan fingerprint density at radius 2 is 2.00 bits per heavy atom. The first-order valence-corrected chi connectivity index (χ1v) is 5.50. The van der Waals surface area contributed by atoms with Gasteiger partial charge in [0.05, 0.1) is 5.56 Å². The predicted molar refractivity (Wildman–Crippen MR) is 62.7 cm³/mol. The molecule has 5 heteroatoms. The molecular weight excluding hydrogens is 236 g/mol. The van der Waals surface area contributed by atoms with E-state index in [0.29, 0.717) is 11.3 Å². The standard InChI is InChI=1S/C13H10O5/c1-5-3-8(14)11-9(17-5)4-7-10(12(11)15)6(2)18-13(7)16/h3-4,6,15H,1-2H3. The zero-order chi connectivity index (χ0) is 13.0. The van der Waals surface area contributed by atoms with E-state index in [0.717, 1.165) is 0 Å². The summed E-state index contributed by atoms with van der Waals surface area (Å²) in [5.74, 6) is -0.320. The Bertz CT molecular complexity index is 741. The van der Waals surface area contributed by atoms with E-state index < -0.39 is 12.1 Å². The SMILES string of the molecule is Cc1cc(=O)c2c(O)c3c(cc2o1)C(=O)OC3C. The highest BCUT2D eigenvalue weighted by atomic mass is 16.5. The number of phenols is 1. The molecule has 1 unspecified atom stereocenters. The van der Waals surface area contributed by atoms with E-state index in [1.165, 1.54) is 12.1 Å². The average molecular weight is 246 g/mol. The van der Waals surface area contributed by atoms with Gasteiger partial charge in [0.1, 0.15) is 28.6 Å². The van der Waals surface area contributed by atoms with Gasteiger partial charge in [-0.2, -0.15) is 0 Å². The van der Waals surface area contributed by atoms with Crippen LogP contribution in [0.25, 0.3) is 11.0 Å². The first-order valence-electron chi connectivity index (χ1n) is 5.50. The summed E-state index contributed by atoms with van der Waals surface area (Å²) in [6, 6.07) is 2.75. The van der Waals surface area contributed by atoms with Crippen LogP contribution in [-0.4, -0.2) is 11.1 Å². The Morgan fingerprint density at radius 1 is 1.28 bits per heavy atom. The lowest BCUT2D eigenvalue weighted by Gasteiger charge is -2.07. The van der Waals surface area contributed by atoms with E-state index >= 15 is 0 Å². The van der Waals surface area contributed by atoms with Crippen molar-refractivity contribution in [3.05, 3.63) is 39.2 Å². The van der Waals surface area contributed by atoms with Crippen LogP contribution in [0, 0.1) is 6.92 Å². The molecule has 1 aromatic heterocycles. The van der Waals surface area contributed by atoms with Gasteiger partial charge < -0.3 is 14.3 Å². The number of benzene rings is 1. The number of cyclic esters (lactones) is 1. The molecule has 0 amide bonds. The van der Waals surface area contributed by atoms with Crippen molar-refractivity contribution in [3.8, 4) is 5.75 Å². The minimum atomic E-state index is -0.558. The lowest BCUT2D eigenvalue weighted by atomic mass is 10.0. The number of hydrogen-bond donors (Lipinski definition) is 1. The second kappa shape index (κ2) is 3.35. The van der Waals surface area contributed by atoms with Gasteiger partial charge in [0.25, 0.3) is 0 Å². The van der Waals surface area contributed by atoms with Gasteiger partial charge in [-0.05, 0) is 19.9 Å². The van der Waals surface area contributed by atoms with Crippen molar-refractivity contribution >= 4 is 16.9 Å². The van der Waals surface area contributed by atoms with Crippen LogP contribution in [0.4, 0.5) is 0 Å².